The average Bonchev–Trinajstić information content (AvgIpc) is 2.58. The van der Waals surface area contributed by atoms with Crippen LogP contribution in [0.15, 0.2) is 54.6 Å². The van der Waals surface area contributed by atoms with Crippen molar-refractivity contribution in [3.05, 3.63) is 71.3 Å². The van der Waals surface area contributed by atoms with Gasteiger partial charge >= 0.3 is 0 Å². The molecule has 2 amide bonds. The molecule has 2 aromatic carbocycles. The Morgan fingerprint density at radius 2 is 1.58 bits per heavy atom. The maximum atomic E-state index is 12.5. The minimum absolute atomic E-state index is 0.00447. The van der Waals surface area contributed by atoms with Crippen molar-refractivity contribution < 1.29 is 9.59 Å². The number of benzene rings is 2. The summed E-state index contributed by atoms with van der Waals surface area (Å²) in [6, 6.07) is 16.4. The van der Waals surface area contributed by atoms with Crippen LogP contribution in [0.25, 0.3) is 0 Å². The lowest BCUT2D eigenvalue weighted by Gasteiger charge is -2.22. The third-order valence-electron chi connectivity index (χ3n) is 3.86. The van der Waals surface area contributed by atoms with Gasteiger partial charge in [0.1, 0.15) is 6.04 Å². The first-order valence-corrected chi connectivity index (χ1v) is 8.16. The van der Waals surface area contributed by atoms with Crippen LogP contribution in [-0.4, -0.2) is 17.9 Å². The van der Waals surface area contributed by atoms with Gasteiger partial charge in [-0.1, -0.05) is 61.9 Å². The van der Waals surface area contributed by atoms with E-state index in [1.165, 1.54) is 0 Å². The minimum Gasteiger partial charge on any atom is -0.350 e. The van der Waals surface area contributed by atoms with Crippen LogP contribution >= 0.6 is 0 Å². The first-order chi connectivity index (χ1) is 11.5. The number of hydrogen-bond acceptors (Lipinski definition) is 2. The number of hydrogen-bond donors (Lipinski definition) is 2. The Bertz CT molecular complexity index is 679. The van der Waals surface area contributed by atoms with Gasteiger partial charge in [-0.2, -0.15) is 0 Å². The van der Waals surface area contributed by atoms with Gasteiger partial charge in [0, 0.05) is 12.1 Å². The fraction of sp³-hybridized carbons (Fsp3) is 0.300. The zero-order valence-corrected chi connectivity index (χ0v) is 14.4. The largest absolute Gasteiger partial charge is 0.350 e. The monoisotopic (exact) mass is 324 g/mol. The van der Waals surface area contributed by atoms with Gasteiger partial charge in [-0.15, -0.1) is 0 Å². The van der Waals surface area contributed by atoms with E-state index in [0.717, 1.165) is 11.1 Å². The molecule has 4 nitrogen and oxygen atoms in total. The van der Waals surface area contributed by atoms with Crippen LogP contribution in [-0.2, 0) is 11.3 Å². The maximum absolute atomic E-state index is 12.5. The third-order valence-corrected chi connectivity index (χ3v) is 3.86. The zero-order valence-electron chi connectivity index (χ0n) is 14.4. The topological polar surface area (TPSA) is 58.2 Å². The van der Waals surface area contributed by atoms with E-state index in [-0.39, 0.29) is 17.7 Å². The molecule has 4 heteroatoms. The summed E-state index contributed by atoms with van der Waals surface area (Å²) in [7, 11) is 0. The summed E-state index contributed by atoms with van der Waals surface area (Å²) in [4.78, 5) is 24.8. The normalized spacial score (nSPS) is 11.8. The SMILES string of the molecule is Cc1ccc(C(=O)NC(C(=O)NCc2ccccc2)C(C)C)cc1. The van der Waals surface area contributed by atoms with Gasteiger partial charge in [0.05, 0.1) is 0 Å². The molecular formula is C20H24N2O2. The molecule has 0 radical (unpaired) electrons. The Morgan fingerprint density at radius 1 is 0.958 bits per heavy atom. The second-order valence-corrected chi connectivity index (χ2v) is 6.26. The summed E-state index contributed by atoms with van der Waals surface area (Å²) in [6.45, 7) is 6.25. The molecule has 0 heterocycles. The summed E-state index contributed by atoms with van der Waals surface area (Å²) in [5.41, 5.74) is 2.67. The molecule has 0 saturated heterocycles. The molecule has 2 N–H and O–H groups in total. The van der Waals surface area contributed by atoms with Crippen LogP contribution < -0.4 is 10.6 Å². The van der Waals surface area contributed by atoms with E-state index in [1.807, 2.05) is 63.2 Å². The van der Waals surface area contributed by atoms with Crippen molar-refractivity contribution in [2.75, 3.05) is 0 Å². The summed E-state index contributed by atoms with van der Waals surface area (Å²) >= 11 is 0. The third kappa shape index (κ3) is 4.95. The first kappa shape index (κ1) is 17.7. The average molecular weight is 324 g/mol. The van der Waals surface area contributed by atoms with Gasteiger partial charge in [-0.3, -0.25) is 9.59 Å². The molecule has 0 fully saturated rings. The molecule has 0 aromatic heterocycles. The van der Waals surface area contributed by atoms with E-state index in [1.54, 1.807) is 12.1 Å². The molecule has 0 aliphatic carbocycles. The lowest BCUT2D eigenvalue weighted by atomic mass is 10.0. The van der Waals surface area contributed by atoms with Crippen LogP contribution in [0.3, 0.4) is 0 Å². The number of amides is 2. The fourth-order valence-corrected chi connectivity index (χ4v) is 2.36. The fourth-order valence-electron chi connectivity index (χ4n) is 2.36. The molecule has 0 saturated carbocycles. The van der Waals surface area contributed by atoms with E-state index in [4.69, 9.17) is 0 Å². The van der Waals surface area contributed by atoms with Crippen LogP contribution in [0.1, 0.15) is 35.3 Å². The Balaban J connectivity index is 1.99. The molecule has 1 unspecified atom stereocenters. The van der Waals surface area contributed by atoms with Crippen LogP contribution in [0, 0.1) is 12.8 Å². The zero-order chi connectivity index (χ0) is 17.5. The molecule has 0 spiro atoms. The molecule has 1 atom stereocenters. The highest BCUT2D eigenvalue weighted by Gasteiger charge is 2.24. The van der Waals surface area contributed by atoms with Gasteiger partial charge in [0.2, 0.25) is 5.91 Å². The number of nitrogens with one attached hydrogen (secondary N) is 2. The van der Waals surface area contributed by atoms with E-state index >= 15 is 0 Å². The van der Waals surface area contributed by atoms with Gasteiger partial charge in [-0.25, -0.2) is 0 Å². The number of rotatable bonds is 6. The summed E-state index contributed by atoms with van der Waals surface area (Å²) in [6.07, 6.45) is 0. The standard InChI is InChI=1S/C20H24N2O2/c1-14(2)18(20(24)21-13-16-7-5-4-6-8-16)22-19(23)17-11-9-15(3)10-12-17/h4-12,14,18H,13H2,1-3H3,(H,21,24)(H,22,23). The first-order valence-electron chi connectivity index (χ1n) is 8.16. The molecule has 2 rings (SSSR count). The lowest BCUT2D eigenvalue weighted by molar-refractivity contribution is -0.124. The Labute approximate surface area is 143 Å². The summed E-state index contributed by atoms with van der Waals surface area (Å²) in [5, 5.41) is 5.73. The quantitative estimate of drug-likeness (QED) is 0.858. The summed E-state index contributed by atoms with van der Waals surface area (Å²) in [5.74, 6) is -0.409. The van der Waals surface area contributed by atoms with Crippen LogP contribution in [0.5, 0.6) is 0 Å². The van der Waals surface area contributed by atoms with Crippen molar-refractivity contribution in [1.82, 2.24) is 10.6 Å². The van der Waals surface area contributed by atoms with Gasteiger partial charge in [0.25, 0.3) is 5.91 Å². The predicted molar refractivity (Wildman–Crippen MR) is 95.6 cm³/mol. The number of carbonyl (C=O) groups excluding carboxylic acids is 2. The van der Waals surface area contributed by atoms with Gasteiger partial charge < -0.3 is 10.6 Å². The second-order valence-electron chi connectivity index (χ2n) is 6.26. The molecule has 24 heavy (non-hydrogen) atoms. The van der Waals surface area contributed by atoms with E-state index in [9.17, 15) is 9.59 Å². The van der Waals surface area contributed by atoms with Crippen molar-refractivity contribution >= 4 is 11.8 Å². The Kier molecular flexibility index (Phi) is 6.13. The number of aryl methyl sites for hydroxylation is 1. The number of carbonyl (C=O) groups is 2. The molecule has 2 aromatic rings. The highest BCUT2D eigenvalue weighted by atomic mass is 16.2. The van der Waals surface area contributed by atoms with Crippen molar-refractivity contribution in [1.29, 1.82) is 0 Å². The Hall–Kier alpha value is -2.62. The molecule has 126 valence electrons. The highest BCUT2D eigenvalue weighted by molar-refractivity contribution is 5.97. The minimum atomic E-state index is -0.567. The lowest BCUT2D eigenvalue weighted by Crippen LogP contribution is -2.49. The van der Waals surface area contributed by atoms with Crippen molar-refractivity contribution in [3.63, 3.8) is 0 Å². The van der Waals surface area contributed by atoms with E-state index in [0.29, 0.717) is 12.1 Å². The Morgan fingerprint density at radius 3 is 2.17 bits per heavy atom. The van der Waals surface area contributed by atoms with Gasteiger partial charge in [-0.05, 0) is 30.5 Å². The van der Waals surface area contributed by atoms with Crippen LogP contribution in [0.2, 0.25) is 0 Å². The van der Waals surface area contributed by atoms with Crippen molar-refractivity contribution in [2.45, 2.75) is 33.4 Å². The van der Waals surface area contributed by atoms with Crippen LogP contribution in [0.4, 0.5) is 0 Å². The van der Waals surface area contributed by atoms with Crippen molar-refractivity contribution in [2.24, 2.45) is 5.92 Å². The van der Waals surface area contributed by atoms with E-state index < -0.39 is 6.04 Å². The molecular weight excluding hydrogens is 300 g/mol. The van der Waals surface area contributed by atoms with Crippen molar-refractivity contribution in [3.8, 4) is 0 Å². The van der Waals surface area contributed by atoms with Gasteiger partial charge in [0.15, 0.2) is 0 Å². The highest BCUT2D eigenvalue weighted by Crippen LogP contribution is 2.07. The predicted octanol–water partition coefficient (Wildman–Crippen LogP) is 3.07. The second kappa shape index (κ2) is 8.29. The molecule has 0 aliphatic heterocycles. The smallest absolute Gasteiger partial charge is 0.251 e. The van der Waals surface area contributed by atoms with E-state index in [2.05, 4.69) is 10.6 Å². The maximum Gasteiger partial charge on any atom is 0.251 e. The molecule has 0 bridgehead atoms. The molecule has 0 aliphatic rings. The summed E-state index contributed by atoms with van der Waals surface area (Å²) < 4.78 is 0.